The molecular formula is C21H28N6O. The molecule has 0 bridgehead atoms. The summed E-state index contributed by atoms with van der Waals surface area (Å²) in [6.45, 7) is 4.08. The molecular weight excluding hydrogens is 352 g/mol. The monoisotopic (exact) mass is 380 g/mol. The topological polar surface area (TPSA) is 80.3 Å². The van der Waals surface area contributed by atoms with Gasteiger partial charge in [0.2, 0.25) is 0 Å². The van der Waals surface area contributed by atoms with Gasteiger partial charge in [-0.2, -0.15) is 0 Å². The van der Waals surface area contributed by atoms with Gasteiger partial charge in [-0.25, -0.2) is 0 Å². The Morgan fingerprint density at radius 2 is 1.75 bits per heavy atom. The first-order valence-electron chi connectivity index (χ1n) is 10.4. The molecule has 2 aliphatic carbocycles. The predicted molar refractivity (Wildman–Crippen MR) is 106 cm³/mol. The molecule has 148 valence electrons. The smallest absolute Gasteiger partial charge is 0.253 e. The zero-order valence-corrected chi connectivity index (χ0v) is 16.2. The van der Waals surface area contributed by atoms with Crippen molar-refractivity contribution in [2.75, 3.05) is 26.2 Å². The van der Waals surface area contributed by atoms with Crippen LogP contribution in [-0.2, 0) is 6.54 Å². The van der Waals surface area contributed by atoms with Crippen LogP contribution in [0.1, 0.15) is 59.6 Å². The Bertz CT molecular complexity index is 832. The maximum absolute atomic E-state index is 12.6. The second-order valence-corrected chi connectivity index (χ2v) is 8.44. The lowest BCUT2D eigenvalue weighted by Crippen LogP contribution is -2.48. The van der Waals surface area contributed by atoms with Gasteiger partial charge >= 0.3 is 0 Å². The summed E-state index contributed by atoms with van der Waals surface area (Å²) in [5.74, 6) is 2.85. The number of benzene rings is 1. The fourth-order valence-electron chi connectivity index (χ4n) is 4.40. The van der Waals surface area contributed by atoms with Crippen molar-refractivity contribution in [1.29, 1.82) is 0 Å². The molecule has 1 saturated heterocycles. The van der Waals surface area contributed by atoms with Gasteiger partial charge in [0, 0.05) is 49.7 Å². The third-order valence-corrected chi connectivity index (χ3v) is 6.29. The molecule has 0 radical (unpaired) electrons. The molecule has 0 spiro atoms. The Kier molecular flexibility index (Phi) is 4.64. The van der Waals surface area contributed by atoms with E-state index >= 15 is 0 Å². The molecule has 5 rings (SSSR count). The fourth-order valence-corrected chi connectivity index (χ4v) is 4.40. The van der Waals surface area contributed by atoms with E-state index in [1.54, 1.807) is 0 Å². The molecule has 1 amide bonds. The number of piperazine rings is 1. The Labute approximate surface area is 165 Å². The standard InChI is InChI=1S/C21H28N6O/c22-17-12-16(13-17)20-24-23-19(27(20)18-6-7-18)14-25-8-10-26(11-9-25)21(28)15-4-2-1-3-5-15/h1-5,16-18H,6-14,22H2. The van der Waals surface area contributed by atoms with Crippen molar-refractivity contribution in [3.8, 4) is 0 Å². The molecule has 1 aliphatic heterocycles. The van der Waals surface area contributed by atoms with Gasteiger partial charge < -0.3 is 15.2 Å². The molecule has 7 heteroatoms. The Hall–Kier alpha value is -2.25. The van der Waals surface area contributed by atoms with Crippen LogP contribution in [-0.4, -0.2) is 62.7 Å². The fraction of sp³-hybridized carbons (Fsp3) is 0.571. The molecule has 2 N–H and O–H groups in total. The second-order valence-electron chi connectivity index (χ2n) is 8.44. The minimum atomic E-state index is 0.130. The van der Waals surface area contributed by atoms with E-state index in [0.717, 1.165) is 62.8 Å². The number of amides is 1. The number of aromatic nitrogens is 3. The van der Waals surface area contributed by atoms with Crippen molar-refractivity contribution >= 4 is 5.91 Å². The maximum Gasteiger partial charge on any atom is 0.253 e. The third kappa shape index (κ3) is 3.44. The van der Waals surface area contributed by atoms with E-state index in [2.05, 4.69) is 19.7 Å². The van der Waals surface area contributed by atoms with Gasteiger partial charge in [-0.15, -0.1) is 10.2 Å². The lowest BCUT2D eigenvalue weighted by Gasteiger charge is -2.35. The van der Waals surface area contributed by atoms with Crippen LogP contribution < -0.4 is 5.73 Å². The summed E-state index contributed by atoms with van der Waals surface area (Å²) in [6.07, 6.45) is 4.53. The molecule has 7 nitrogen and oxygen atoms in total. The van der Waals surface area contributed by atoms with Crippen LogP contribution in [0.3, 0.4) is 0 Å². The molecule has 3 aliphatic rings. The second kappa shape index (κ2) is 7.29. The van der Waals surface area contributed by atoms with E-state index in [1.807, 2.05) is 35.2 Å². The highest BCUT2D eigenvalue weighted by Gasteiger charge is 2.37. The number of nitrogens with two attached hydrogens (primary N) is 1. The van der Waals surface area contributed by atoms with E-state index < -0.39 is 0 Å². The van der Waals surface area contributed by atoms with E-state index in [1.165, 1.54) is 12.8 Å². The molecule has 28 heavy (non-hydrogen) atoms. The van der Waals surface area contributed by atoms with Gasteiger partial charge in [-0.1, -0.05) is 18.2 Å². The van der Waals surface area contributed by atoms with Crippen molar-refractivity contribution < 1.29 is 4.79 Å². The van der Waals surface area contributed by atoms with Crippen LogP contribution >= 0.6 is 0 Å². The number of rotatable bonds is 5. The number of carbonyl (C=O) groups excluding carboxylic acids is 1. The Balaban J connectivity index is 1.22. The molecule has 1 aromatic carbocycles. The van der Waals surface area contributed by atoms with Crippen LogP contribution in [0.5, 0.6) is 0 Å². The average molecular weight is 380 g/mol. The van der Waals surface area contributed by atoms with Gasteiger partial charge in [-0.05, 0) is 37.8 Å². The minimum Gasteiger partial charge on any atom is -0.336 e. The quantitative estimate of drug-likeness (QED) is 0.855. The molecule has 0 unspecified atom stereocenters. The molecule has 2 heterocycles. The summed E-state index contributed by atoms with van der Waals surface area (Å²) in [7, 11) is 0. The summed E-state index contributed by atoms with van der Waals surface area (Å²) in [6, 6.07) is 10.5. The minimum absolute atomic E-state index is 0.130. The lowest BCUT2D eigenvalue weighted by atomic mass is 9.80. The Morgan fingerprint density at radius 1 is 1.04 bits per heavy atom. The zero-order valence-electron chi connectivity index (χ0n) is 16.2. The highest BCUT2D eigenvalue weighted by atomic mass is 16.2. The van der Waals surface area contributed by atoms with Crippen molar-refractivity contribution in [2.45, 2.75) is 50.2 Å². The van der Waals surface area contributed by atoms with Crippen molar-refractivity contribution in [3.63, 3.8) is 0 Å². The maximum atomic E-state index is 12.6. The van der Waals surface area contributed by atoms with Gasteiger partial charge in [0.05, 0.1) is 6.54 Å². The van der Waals surface area contributed by atoms with E-state index in [0.29, 0.717) is 18.0 Å². The highest BCUT2D eigenvalue weighted by Crippen LogP contribution is 2.42. The normalized spacial score (nSPS) is 25.5. The van der Waals surface area contributed by atoms with E-state index in [-0.39, 0.29) is 5.91 Å². The molecule has 2 saturated carbocycles. The van der Waals surface area contributed by atoms with Gasteiger partial charge in [0.1, 0.15) is 11.6 Å². The van der Waals surface area contributed by atoms with E-state index in [9.17, 15) is 4.79 Å². The summed E-state index contributed by atoms with van der Waals surface area (Å²) >= 11 is 0. The first kappa shape index (κ1) is 17.8. The lowest BCUT2D eigenvalue weighted by molar-refractivity contribution is 0.0623. The first-order chi connectivity index (χ1) is 13.7. The highest BCUT2D eigenvalue weighted by molar-refractivity contribution is 5.94. The summed E-state index contributed by atoms with van der Waals surface area (Å²) in [5.41, 5.74) is 6.76. The molecule has 2 aromatic rings. The third-order valence-electron chi connectivity index (χ3n) is 6.29. The van der Waals surface area contributed by atoms with Gasteiger partial charge in [0.25, 0.3) is 5.91 Å². The summed E-state index contributed by atoms with van der Waals surface area (Å²) < 4.78 is 2.40. The van der Waals surface area contributed by atoms with Gasteiger partial charge in [-0.3, -0.25) is 9.69 Å². The molecule has 0 atom stereocenters. The number of hydrogen-bond acceptors (Lipinski definition) is 5. The first-order valence-corrected chi connectivity index (χ1v) is 10.4. The Morgan fingerprint density at radius 3 is 2.39 bits per heavy atom. The van der Waals surface area contributed by atoms with Crippen molar-refractivity contribution in [3.05, 3.63) is 47.5 Å². The number of nitrogens with zero attached hydrogens (tertiary/aromatic N) is 5. The van der Waals surface area contributed by atoms with Crippen molar-refractivity contribution in [1.82, 2.24) is 24.6 Å². The number of carbonyl (C=O) groups is 1. The van der Waals surface area contributed by atoms with Crippen LogP contribution in [0.25, 0.3) is 0 Å². The van der Waals surface area contributed by atoms with Crippen LogP contribution in [0, 0.1) is 0 Å². The van der Waals surface area contributed by atoms with Crippen LogP contribution in [0.4, 0.5) is 0 Å². The van der Waals surface area contributed by atoms with Gasteiger partial charge in [0.15, 0.2) is 0 Å². The summed E-state index contributed by atoms with van der Waals surface area (Å²) in [5, 5.41) is 9.10. The van der Waals surface area contributed by atoms with Crippen LogP contribution in [0.2, 0.25) is 0 Å². The molecule has 3 fully saturated rings. The zero-order chi connectivity index (χ0) is 19.1. The average Bonchev–Trinajstić information content (AvgIpc) is 3.47. The van der Waals surface area contributed by atoms with Crippen LogP contribution in [0.15, 0.2) is 30.3 Å². The summed E-state index contributed by atoms with van der Waals surface area (Å²) in [4.78, 5) is 17.0. The molecule has 1 aromatic heterocycles. The number of hydrogen-bond donors (Lipinski definition) is 1. The van der Waals surface area contributed by atoms with E-state index in [4.69, 9.17) is 5.73 Å². The van der Waals surface area contributed by atoms with Crippen molar-refractivity contribution in [2.24, 2.45) is 5.73 Å². The largest absolute Gasteiger partial charge is 0.336 e. The predicted octanol–water partition coefficient (Wildman–Crippen LogP) is 1.78. The SMILES string of the molecule is NC1CC(c2nnc(CN3CCN(C(=O)c4ccccc4)CC3)n2C2CC2)C1.